The average Bonchev–Trinajstić information content (AvgIpc) is 2.39. The van der Waals surface area contributed by atoms with E-state index >= 15 is 0 Å². The Kier molecular flexibility index (Phi) is 10.9. The molecule has 0 heterocycles. The SMILES string of the molecule is CCCCCCCC(N(CC)C(=O)O)[SiH](OC)OC. The van der Waals surface area contributed by atoms with Crippen molar-refractivity contribution in [3.05, 3.63) is 0 Å². The van der Waals surface area contributed by atoms with E-state index in [2.05, 4.69) is 6.92 Å². The van der Waals surface area contributed by atoms with Crippen LogP contribution in [0.3, 0.4) is 0 Å². The second-order valence-electron chi connectivity index (χ2n) is 4.68. The van der Waals surface area contributed by atoms with Gasteiger partial charge in [-0.25, -0.2) is 4.79 Å². The molecule has 0 spiro atoms. The Balaban J connectivity index is 4.44. The molecule has 0 aliphatic rings. The zero-order chi connectivity index (χ0) is 14.7. The maximum Gasteiger partial charge on any atom is 0.407 e. The maximum absolute atomic E-state index is 11.3. The molecule has 0 bridgehead atoms. The lowest BCUT2D eigenvalue weighted by Gasteiger charge is -2.31. The summed E-state index contributed by atoms with van der Waals surface area (Å²) in [6, 6.07) is 0. The molecule has 0 fully saturated rings. The second kappa shape index (κ2) is 11.3. The van der Waals surface area contributed by atoms with Gasteiger partial charge in [0.05, 0.1) is 5.67 Å². The highest BCUT2D eigenvalue weighted by Crippen LogP contribution is 2.15. The molecular formula is C13H29NO4Si. The minimum Gasteiger partial charge on any atom is -0.465 e. The van der Waals surface area contributed by atoms with Crippen LogP contribution in [-0.2, 0) is 8.85 Å². The average molecular weight is 291 g/mol. The lowest BCUT2D eigenvalue weighted by molar-refractivity contribution is 0.125. The molecule has 0 saturated heterocycles. The highest BCUT2D eigenvalue weighted by Gasteiger charge is 2.32. The molecule has 19 heavy (non-hydrogen) atoms. The van der Waals surface area contributed by atoms with Crippen molar-refractivity contribution < 1.29 is 18.8 Å². The number of hydrogen-bond donors (Lipinski definition) is 1. The third-order valence-electron chi connectivity index (χ3n) is 3.37. The normalized spacial score (nSPS) is 12.7. The fourth-order valence-electron chi connectivity index (χ4n) is 2.32. The van der Waals surface area contributed by atoms with E-state index in [1.54, 1.807) is 14.2 Å². The number of nitrogens with zero attached hydrogens (tertiary/aromatic N) is 1. The predicted molar refractivity (Wildman–Crippen MR) is 78.7 cm³/mol. The Hall–Kier alpha value is -0.593. The van der Waals surface area contributed by atoms with E-state index in [4.69, 9.17) is 8.85 Å². The summed E-state index contributed by atoms with van der Waals surface area (Å²) in [4.78, 5) is 12.7. The molecule has 0 aromatic carbocycles. The summed E-state index contributed by atoms with van der Waals surface area (Å²) in [5, 5.41) is 9.26. The van der Waals surface area contributed by atoms with Crippen LogP contribution >= 0.6 is 0 Å². The molecule has 0 aromatic heterocycles. The lowest BCUT2D eigenvalue weighted by Crippen LogP contribution is -2.50. The summed E-state index contributed by atoms with van der Waals surface area (Å²) in [5.74, 6) is 0. The summed E-state index contributed by atoms with van der Waals surface area (Å²) < 4.78 is 10.8. The number of carboxylic acid groups (broad SMARTS) is 1. The van der Waals surface area contributed by atoms with Crippen molar-refractivity contribution in [3.63, 3.8) is 0 Å². The quantitative estimate of drug-likeness (QED) is 0.470. The molecular weight excluding hydrogens is 262 g/mol. The first kappa shape index (κ1) is 18.4. The van der Waals surface area contributed by atoms with Crippen molar-refractivity contribution in [3.8, 4) is 0 Å². The number of carbonyl (C=O) groups is 1. The number of hydrogen-bond acceptors (Lipinski definition) is 3. The predicted octanol–water partition coefficient (Wildman–Crippen LogP) is 2.77. The van der Waals surface area contributed by atoms with Gasteiger partial charge in [-0.05, 0) is 13.3 Å². The Bertz CT molecular complexity index is 237. The van der Waals surface area contributed by atoms with Crippen LogP contribution in [0.15, 0.2) is 0 Å². The fraction of sp³-hybridized carbons (Fsp3) is 0.923. The fourth-order valence-corrected chi connectivity index (χ4v) is 4.28. The number of rotatable bonds is 11. The van der Waals surface area contributed by atoms with Crippen LogP contribution in [0.5, 0.6) is 0 Å². The highest BCUT2D eigenvalue weighted by atomic mass is 28.3. The van der Waals surface area contributed by atoms with E-state index in [9.17, 15) is 9.90 Å². The van der Waals surface area contributed by atoms with Crippen molar-refractivity contribution in [1.29, 1.82) is 0 Å². The van der Waals surface area contributed by atoms with Gasteiger partial charge in [-0.15, -0.1) is 0 Å². The number of amides is 1. The van der Waals surface area contributed by atoms with Gasteiger partial charge in [-0.1, -0.05) is 39.0 Å². The van der Waals surface area contributed by atoms with Gasteiger partial charge in [0, 0.05) is 20.8 Å². The Morgan fingerprint density at radius 3 is 2.16 bits per heavy atom. The Morgan fingerprint density at radius 2 is 1.74 bits per heavy atom. The molecule has 0 radical (unpaired) electrons. The molecule has 6 heteroatoms. The van der Waals surface area contributed by atoms with Crippen LogP contribution < -0.4 is 0 Å². The zero-order valence-electron chi connectivity index (χ0n) is 12.7. The van der Waals surface area contributed by atoms with E-state index in [0.717, 1.165) is 19.3 Å². The van der Waals surface area contributed by atoms with Crippen molar-refractivity contribution in [2.24, 2.45) is 0 Å². The second-order valence-corrected chi connectivity index (χ2v) is 7.13. The summed E-state index contributed by atoms with van der Waals surface area (Å²) in [6.45, 7) is 4.52. The van der Waals surface area contributed by atoms with Gasteiger partial charge >= 0.3 is 15.4 Å². The minimum absolute atomic E-state index is 0.0980. The first-order valence-corrected chi connectivity index (χ1v) is 8.78. The van der Waals surface area contributed by atoms with Gasteiger partial charge in [0.1, 0.15) is 0 Å². The van der Waals surface area contributed by atoms with Crippen LogP contribution in [0.4, 0.5) is 4.79 Å². The van der Waals surface area contributed by atoms with Crippen LogP contribution in [0.2, 0.25) is 0 Å². The van der Waals surface area contributed by atoms with Crippen molar-refractivity contribution in [1.82, 2.24) is 4.90 Å². The molecule has 0 rings (SSSR count). The zero-order valence-corrected chi connectivity index (χ0v) is 13.9. The highest BCUT2D eigenvalue weighted by molar-refractivity contribution is 6.46. The minimum atomic E-state index is -1.95. The summed E-state index contributed by atoms with van der Waals surface area (Å²) in [6.07, 6.45) is 5.81. The van der Waals surface area contributed by atoms with Gasteiger partial charge in [0.2, 0.25) is 0 Å². The van der Waals surface area contributed by atoms with Crippen molar-refractivity contribution in [2.75, 3.05) is 20.8 Å². The molecule has 0 aliphatic carbocycles. The lowest BCUT2D eigenvalue weighted by atomic mass is 10.1. The molecule has 114 valence electrons. The number of unbranched alkanes of at least 4 members (excludes halogenated alkanes) is 4. The molecule has 0 aromatic rings. The molecule has 0 aliphatic heterocycles. The van der Waals surface area contributed by atoms with Gasteiger partial charge in [0.25, 0.3) is 0 Å². The molecule has 5 nitrogen and oxygen atoms in total. The summed E-state index contributed by atoms with van der Waals surface area (Å²) in [7, 11) is 1.27. The van der Waals surface area contributed by atoms with Gasteiger partial charge < -0.3 is 18.9 Å². The van der Waals surface area contributed by atoms with Crippen LogP contribution in [0, 0.1) is 0 Å². The van der Waals surface area contributed by atoms with Gasteiger partial charge in [0.15, 0.2) is 0 Å². The molecule has 1 amide bonds. The monoisotopic (exact) mass is 291 g/mol. The van der Waals surface area contributed by atoms with Crippen LogP contribution in [0.25, 0.3) is 0 Å². The van der Waals surface area contributed by atoms with E-state index in [1.165, 1.54) is 24.2 Å². The topological polar surface area (TPSA) is 59.0 Å². The largest absolute Gasteiger partial charge is 0.465 e. The molecule has 1 unspecified atom stereocenters. The van der Waals surface area contributed by atoms with Crippen molar-refractivity contribution in [2.45, 2.75) is 58.0 Å². The van der Waals surface area contributed by atoms with Crippen LogP contribution in [0.1, 0.15) is 52.4 Å². The molecule has 1 N–H and O–H groups in total. The Morgan fingerprint density at radius 1 is 1.16 bits per heavy atom. The van der Waals surface area contributed by atoms with Crippen LogP contribution in [-0.4, -0.2) is 51.8 Å². The first-order chi connectivity index (χ1) is 9.12. The van der Waals surface area contributed by atoms with Gasteiger partial charge in [-0.2, -0.15) is 0 Å². The maximum atomic E-state index is 11.3. The van der Waals surface area contributed by atoms with E-state index in [-0.39, 0.29) is 5.67 Å². The standard InChI is InChI=1S/C13H29NO4Si/c1-5-7-8-9-10-11-12(19(17-3)18-4)14(6-2)13(15)16/h12,19H,5-11H2,1-4H3,(H,15,16). The Labute approximate surface area is 118 Å². The third-order valence-corrected chi connectivity index (χ3v) is 5.62. The van der Waals surface area contributed by atoms with Gasteiger partial charge in [-0.3, -0.25) is 0 Å². The van der Waals surface area contributed by atoms with E-state index < -0.39 is 15.4 Å². The third kappa shape index (κ3) is 6.94. The van der Waals surface area contributed by atoms with E-state index in [0.29, 0.717) is 6.54 Å². The molecule has 0 saturated carbocycles. The summed E-state index contributed by atoms with van der Waals surface area (Å²) >= 11 is 0. The van der Waals surface area contributed by atoms with Crippen molar-refractivity contribution >= 4 is 15.4 Å². The molecule has 1 atom stereocenters. The van der Waals surface area contributed by atoms with E-state index in [1.807, 2.05) is 6.92 Å². The summed E-state index contributed by atoms with van der Waals surface area (Å²) in [5.41, 5.74) is -0.0980. The smallest absolute Gasteiger partial charge is 0.407 e. The first-order valence-electron chi connectivity index (χ1n) is 7.17.